The molecule has 2 fully saturated rings. The molecule has 0 saturated heterocycles. The van der Waals surface area contributed by atoms with E-state index in [9.17, 15) is 0 Å². The summed E-state index contributed by atoms with van der Waals surface area (Å²) in [7, 11) is -1.90. The van der Waals surface area contributed by atoms with Crippen molar-refractivity contribution in [3.05, 3.63) is 62.2 Å². The van der Waals surface area contributed by atoms with Crippen LogP contribution in [0.3, 0.4) is 0 Å². The maximum atomic E-state index is 6.01. The third kappa shape index (κ3) is 13.9. The predicted octanol–water partition coefficient (Wildman–Crippen LogP) is 14.3. The van der Waals surface area contributed by atoms with E-state index in [1.807, 2.05) is 0 Å². The Morgan fingerprint density at radius 3 is 1.73 bits per heavy atom. The molecule has 48 heavy (non-hydrogen) atoms. The van der Waals surface area contributed by atoms with Crippen LogP contribution in [0.5, 0.6) is 0 Å². The number of nitrogens with zero attached hydrogens (tertiary/aromatic N) is 1. The standard InChI is InChI=1S/C41H74NOSi.3CH3.Ti/c1-29(2)35-28-36-33(30-25-31(38(3,4)5)27-32(26-30)39(6,7)8)21-20-22-34(36)37(35)44(15,42-40(9,10)11)24-19-17-16-18-23-43-41(12,13)14;;;;/h25-27,29,33-37H,16-24,28H2,1-15H3;3*1H3;/q4*-1;+4. The van der Waals surface area contributed by atoms with Gasteiger partial charge in [0.25, 0.3) is 0 Å². The number of ether oxygens (including phenoxy) is 1. The molecular weight excluding hydrogens is 634 g/mol. The Balaban J connectivity index is 0. The van der Waals surface area contributed by atoms with Gasteiger partial charge in [-0.25, -0.2) is 0 Å². The molecule has 6 unspecified atom stereocenters. The summed E-state index contributed by atoms with van der Waals surface area (Å²) in [5.41, 5.74) is 5.84. The molecule has 1 aromatic rings. The normalized spacial score (nSPS) is 24.4. The summed E-state index contributed by atoms with van der Waals surface area (Å²) in [5.74, 6) is 3.87. The first-order chi connectivity index (χ1) is 20.0. The zero-order valence-electron chi connectivity index (χ0n) is 35.6. The van der Waals surface area contributed by atoms with Crippen molar-refractivity contribution in [3.8, 4) is 0 Å². The minimum absolute atomic E-state index is 0. The van der Waals surface area contributed by atoms with E-state index in [2.05, 4.69) is 122 Å². The molecule has 2 aliphatic carbocycles. The van der Waals surface area contributed by atoms with E-state index < -0.39 is 8.24 Å². The summed E-state index contributed by atoms with van der Waals surface area (Å²) in [6.45, 7) is 36.6. The summed E-state index contributed by atoms with van der Waals surface area (Å²) < 4.78 is 6.01. The second kappa shape index (κ2) is 19.2. The van der Waals surface area contributed by atoms with Gasteiger partial charge in [0.15, 0.2) is 0 Å². The predicted molar refractivity (Wildman–Crippen MR) is 217 cm³/mol. The molecule has 4 heteroatoms. The van der Waals surface area contributed by atoms with Gasteiger partial charge >= 0.3 is 21.7 Å². The zero-order chi connectivity index (χ0) is 33.3. The van der Waals surface area contributed by atoms with Gasteiger partial charge in [0.2, 0.25) is 0 Å². The van der Waals surface area contributed by atoms with Crippen molar-refractivity contribution in [1.82, 2.24) is 0 Å². The molecule has 1 aromatic carbocycles. The first kappa shape index (κ1) is 50.2. The van der Waals surface area contributed by atoms with E-state index in [4.69, 9.17) is 9.72 Å². The molecule has 0 bridgehead atoms. The van der Waals surface area contributed by atoms with Gasteiger partial charge in [-0.15, -0.1) is 5.54 Å². The van der Waals surface area contributed by atoms with Gasteiger partial charge in [0, 0.05) is 6.61 Å². The zero-order valence-corrected chi connectivity index (χ0v) is 38.2. The fourth-order valence-corrected chi connectivity index (χ4v) is 14.9. The molecule has 0 aromatic heterocycles. The van der Waals surface area contributed by atoms with Gasteiger partial charge in [-0.05, 0) is 97.1 Å². The second-order valence-electron chi connectivity index (χ2n) is 19.6. The van der Waals surface area contributed by atoms with Crippen molar-refractivity contribution < 1.29 is 26.5 Å². The molecule has 2 aliphatic rings. The number of rotatable bonds is 11. The number of hydrogen-bond acceptors (Lipinski definition) is 1. The Bertz CT molecular complexity index is 1020. The minimum atomic E-state index is -1.90. The molecule has 2 nitrogen and oxygen atoms in total. The molecule has 3 rings (SSSR count). The van der Waals surface area contributed by atoms with Crippen molar-refractivity contribution in [1.29, 1.82) is 0 Å². The number of hydrogen-bond donors (Lipinski definition) is 0. The van der Waals surface area contributed by atoms with Crippen LogP contribution in [-0.2, 0) is 37.3 Å². The van der Waals surface area contributed by atoms with Crippen LogP contribution in [-0.4, -0.2) is 26.0 Å². The largest absolute Gasteiger partial charge is 4.00 e. The maximum Gasteiger partial charge on any atom is 4.00 e. The van der Waals surface area contributed by atoms with E-state index in [1.54, 1.807) is 5.56 Å². The fourth-order valence-electron chi connectivity index (χ4n) is 9.00. The second-order valence-corrected chi connectivity index (χ2v) is 23.7. The van der Waals surface area contributed by atoms with Gasteiger partial charge in [0.1, 0.15) is 0 Å². The Kier molecular flexibility index (Phi) is 20.1. The van der Waals surface area contributed by atoms with E-state index in [-0.39, 0.29) is 66.0 Å². The topological polar surface area (TPSA) is 23.3 Å². The maximum absolute atomic E-state index is 6.01. The van der Waals surface area contributed by atoms with Crippen LogP contribution < -0.4 is 0 Å². The average molecular weight is 718 g/mol. The summed E-state index contributed by atoms with van der Waals surface area (Å²) in [4.78, 5) is 5.92. The third-order valence-corrected chi connectivity index (χ3v) is 15.8. The first-order valence-corrected chi connectivity index (χ1v) is 21.3. The van der Waals surface area contributed by atoms with Crippen LogP contribution in [0.4, 0.5) is 0 Å². The van der Waals surface area contributed by atoms with E-state index >= 15 is 0 Å². The van der Waals surface area contributed by atoms with Gasteiger partial charge in [-0.2, -0.15) is 0 Å². The van der Waals surface area contributed by atoms with E-state index in [0.29, 0.717) is 5.92 Å². The Hall–Kier alpha value is 0.0712. The molecule has 0 aliphatic heterocycles. The summed E-state index contributed by atoms with van der Waals surface area (Å²) in [5, 5.41) is 0. The van der Waals surface area contributed by atoms with Gasteiger partial charge in [0.05, 0.1) is 5.60 Å². The van der Waals surface area contributed by atoms with E-state index in [1.165, 1.54) is 68.5 Å². The Morgan fingerprint density at radius 2 is 1.27 bits per heavy atom. The third-order valence-electron chi connectivity index (χ3n) is 11.0. The van der Waals surface area contributed by atoms with Gasteiger partial charge < -0.3 is 32.0 Å². The molecule has 0 radical (unpaired) electrons. The van der Waals surface area contributed by atoms with Crippen molar-refractivity contribution >= 4 is 8.24 Å². The monoisotopic (exact) mass is 718 g/mol. The average Bonchev–Trinajstić information content (AvgIpc) is 3.26. The Morgan fingerprint density at radius 1 is 0.750 bits per heavy atom. The summed E-state index contributed by atoms with van der Waals surface area (Å²) in [6, 6.07) is 9.12. The molecule has 0 amide bonds. The van der Waals surface area contributed by atoms with Crippen molar-refractivity contribution in [2.75, 3.05) is 6.61 Å². The Labute approximate surface area is 319 Å². The van der Waals surface area contributed by atoms with Crippen LogP contribution in [0, 0.1) is 46.0 Å². The number of benzene rings is 1. The number of unbranched alkanes of at least 4 members (excludes halogenated alkanes) is 3. The molecule has 0 spiro atoms. The molecule has 2 saturated carbocycles. The molecular formula is C44H83NOSiTi. The minimum Gasteiger partial charge on any atom is -0.659 e. The van der Waals surface area contributed by atoms with Gasteiger partial charge in [-0.1, -0.05) is 153 Å². The SMILES string of the molecule is CC(C)C1CC2C(c3cc(C(C)(C)C)cc(C(C)(C)C)c3)CCCC2C1[Si](C)(CCCCCCOC(C)(C)C)[N-]C(C)(C)C.[CH3-].[CH3-].[CH3-].[Ti+4]. The van der Waals surface area contributed by atoms with Crippen molar-refractivity contribution in [3.63, 3.8) is 0 Å². The quantitative estimate of drug-likeness (QED) is 0.127. The van der Waals surface area contributed by atoms with Crippen LogP contribution in [0.1, 0.15) is 171 Å². The molecule has 0 heterocycles. The summed E-state index contributed by atoms with van der Waals surface area (Å²) in [6.07, 6.45) is 10.7. The smallest absolute Gasteiger partial charge is 0.659 e. The summed E-state index contributed by atoms with van der Waals surface area (Å²) >= 11 is 0. The van der Waals surface area contributed by atoms with Crippen LogP contribution in [0.15, 0.2) is 18.2 Å². The fraction of sp³-hybridized carbons (Fsp3) is 0.795. The van der Waals surface area contributed by atoms with Crippen molar-refractivity contribution in [2.45, 2.75) is 194 Å². The molecule has 6 atom stereocenters. The van der Waals surface area contributed by atoms with Gasteiger partial charge in [-0.3, -0.25) is 0 Å². The van der Waals surface area contributed by atoms with E-state index in [0.717, 1.165) is 35.8 Å². The van der Waals surface area contributed by atoms with Crippen LogP contribution >= 0.6 is 0 Å². The van der Waals surface area contributed by atoms with Crippen LogP contribution in [0.25, 0.3) is 4.98 Å². The molecule has 278 valence electrons. The van der Waals surface area contributed by atoms with Crippen LogP contribution in [0.2, 0.25) is 18.1 Å². The first-order valence-electron chi connectivity index (χ1n) is 18.6. The van der Waals surface area contributed by atoms with Crippen molar-refractivity contribution in [2.24, 2.45) is 23.7 Å². The number of fused-ring (bicyclic) bond motifs is 1. The molecule has 0 N–H and O–H groups in total.